The van der Waals surface area contributed by atoms with E-state index in [1.807, 2.05) is 0 Å². The first-order valence-electron chi connectivity index (χ1n) is 5.77. The highest BCUT2D eigenvalue weighted by Crippen LogP contribution is 2.26. The van der Waals surface area contributed by atoms with Crippen molar-refractivity contribution in [2.24, 2.45) is 5.73 Å². The van der Waals surface area contributed by atoms with Gasteiger partial charge in [0, 0.05) is 17.5 Å². The van der Waals surface area contributed by atoms with Gasteiger partial charge in [-0.2, -0.15) is 0 Å². The highest BCUT2D eigenvalue weighted by atomic mass is 32.1. The first kappa shape index (κ1) is 11.7. The lowest BCUT2D eigenvalue weighted by Gasteiger charge is -2.34. The second kappa shape index (κ2) is 5.49. The molecule has 1 heterocycles. The normalized spacial score (nSPS) is 15.7. The summed E-state index contributed by atoms with van der Waals surface area (Å²) in [5.41, 5.74) is 5.35. The number of thiophene rings is 1. The van der Waals surface area contributed by atoms with Crippen LogP contribution in [0.2, 0.25) is 0 Å². The number of nitrogens with two attached hydrogens (primary N) is 1. The molecule has 86 valence electrons. The third-order valence-electron chi connectivity index (χ3n) is 3.08. The zero-order chi connectivity index (χ0) is 11.4. The predicted octanol–water partition coefficient (Wildman–Crippen LogP) is 2.04. The van der Waals surface area contributed by atoms with E-state index in [0.29, 0.717) is 6.54 Å². The van der Waals surface area contributed by atoms with Gasteiger partial charge < -0.3 is 5.73 Å². The van der Waals surface area contributed by atoms with Crippen LogP contribution in [0.4, 0.5) is 0 Å². The van der Waals surface area contributed by atoms with E-state index in [2.05, 4.69) is 35.9 Å². The Labute approximate surface area is 101 Å². The van der Waals surface area contributed by atoms with Crippen LogP contribution in [0, 0.1) is 11.8 Å². The zero-order valence-electron chi connectivity index (χ0n) is 9.70. The van der Waals surface area contributed by atoms with Crippen molar-refractivity contribution in [1.82, 2.24) is 4.90 Å². The molecule has 1 saturated carbocycles. The molecule has 0 unspecified atom stereocenters. The van der Waals surface area contributed by atoms with E-state index >= 15 is 0 Å². The van der Waals surface area contributed by atoms with E-state index in [1.165, 1.54) is 24.1 Å². The first-order valence-corrected chi connectivity index (χ1v) is 6.59. The molecule has 0 saturated heterocycles. The van der Waals surface area contributed by atoms with Crippen LogP contribution in [0.15, 0.2) is 12.1 Å². The van der Waals surface area contributed by atoms with E-state index < -0.39 is 0 Å². The Hall–Kier alpha value is -0.820. The summed E-state index contributed by atoms with van der Waals surface area (Å²) in [5, 5.41) is 0. The van der Waals surface area contributed by atoms with E-state index in [-0.39, 0.29) is 0 Å². The summed E-state index contributed by atoms with van der Waals surface area (Å²) in [6.07, 6.45) is 4.12. The molecule has 2 N–H and O–H groups in total. The number of nitrogens with zero attached hydrogens (tertiary/aromatic N) is 1. The van der Waals surface area contributed by atoms with Crippen LogP contribution in [0.25, 0.3) is 0 Å². The largest absolute Gasteiger partial charge is 0.320 e. The fourth-order valence-electron chi connectivity index (χ4n) is 1.87. The van der Waals surface area contributed by atoms with Gasteiger partial charge >= 0.3 is 0 Å². The van der Waals surface area contributed by atoms with Gasteiger partial charge in [0.25, 0.3) is 0 Å². The van der Waals surface area contributed by atoms with Gasteiger partial charge in [0.2, 0.25) is 0 Å². The molecule has 1 fully saturated rings. The summed E-state index contributed by atoms with van der Waals surface area (Å²) in [7, 11) is 2.22. The van der Waals surface area contributed by atoms with Crippen molar-refractivity contribution in [3.63, 3.8) is 0 Å². The van der Waals surface area contributed by atoms with Crippen LogP contribution < -0.4 is 5.73 Å². The number of hydrogen-bond acceptors (Lipinski definition) is 3. The van der Waals surface area contributed by atoms with Gasteiger partial charge in [-0.1, -0.05) is 18.3 Å². The average molecular weight is 234 g/mol. The van der Waals surface area contributed by atoms with Gasteiger partial charge in [-0.3, -0.25) is 4.90 Å². The van der Waals surface area contributed by atoms with Crippen LogP contribution in [-0.2, 0) is 6.54 Å². The van der Waals surface area contributed by atoms with Gasteiger partial charge in [0.05, 0.1) is 11.4 Å². The summed E-state index contributed by atoms with van der Waals surface area (Å²) >= 11 is 1.78. The van der Waals surface area contributed by atoms with Crippen molar-refractivity contribution in [1.29, 1.82) is 0 Å². The molecule has 2 nitrogen and oxygen atoms in total. The molecule has 0 spiro atoms. The minimum Gasteiger partial charge on any atom is -0.320 e. The first-order chi connectivity index (χ1) is 7.79. The van der Waals surface area contributed by atoms with Crippen molar-refractivity contribution in [2.75, 3.05) is 13.6 Å². The fraction of sp³-hybridized carbons (Fsp3) is 0.538. The topological polar surface area (TPSA) is 29.3 Å². The summed E-state index contributed by atoms with van der Waals surface area (Å²) < 4.78 is 0. The summed E-state index contributed by atoms with van der Waals surface area (Å²) in [6.45, 7) is 1.49. The Morgan fingerprint density at radius 3 is 2.94 bits per heavy atom. The summed E-state index contributed by atoms with van der Waals surface area (Å²) in [5.74, 6) is 5.97. The highest BCUT2D eigenvalue weighted by molar-refractivity contribution is 7.12. The van der Waals surface area contributed by atoms with Crippen molar-refractivity contribution in [2.45, 2.75) is 31.8 Å². The number of rotatable bonds is 3. The lowest BCUT2D eigenvalue weighted by atomic mass is 9.92. The quantitative estimate of drug-likeness (QED) is 0.811. The van der Waals surface area contributed by atoms with Crippen LogP contribution >= 0.6 is 11.3 Å². The molecule has 0 radical (unpaired) electrons. The average Bonchev–Trinajstić information content (AvgIpc) is 2.59. The Kier molecular flexibility index (Phi) is 4.00. The van der Waals surface area contributed by atoms with Gasteiger partial charge in [-0.05, 0) is 32.0 Å². The molecule has 0 aromatic carbocycles. The number of hydrogen-bond donors (Lipinski definition) is 1. The lowest BCUT2D eigenvalue weighted by Crippen LogP contribution is -2.36. The molecule has 1 aromatic heterocycles. The smallest absolute Gasteiger partial charge is 0.0772 e. The molecule has 2 rings (SSSR count). The highest BCUT2D eigenvalue weighted by Gasteiger charge is 2.21. The van der Waals surface area contributed by atoms with Gasteiger partial charge in [-0.15, -0.1) is 11.3 Å². The zero-order valence-corrected chi connectivity index (χ0v) is 10.5. The molecule has 1 aliphatic rings. The summed E-state index contributed by atoms with van der Waals surface area (Å²) in [6, 6.07) is 5.08. The van der Waals surface area contributed by atoms with Crippen molar-refractivity contribution < 1.29 is 0 Å². The van der Waals surface area contributed by atoms with Crippen molar-refractivity contribution >= 4 is 11.3 Å². The third kappa shape index (κ3) is 2.85. The maximum absolute atomic E-state index is 5.35. The maximum Gasteiger partial charge on any atom is 0.0772 e. The van der Waals surface area contributed by atoms with Crippen LogP contribution in [-0.4, -0.2) is 24.5 Å². The van der Waals surface area contributed by atoms with E-state index in [1.54, 1.807) is 11.3 Å². The molecule has 16 heavy (non-hydrogen) atoms. The molecule has 0 amide bonds. The minimum atomic E-state index is 0.440. The Morgan fingerprint density at radius 2 is 2.31 bits per heavy atom. The molecule has 3 heteroatoms. The Balaban J connectivity index is 1.91. The van der Waals surface area contributed by atoms with Crippen LogP contribution in [0.5, 0.6) is 0 Å². The second-order valence-corrected chi connectivity index (χ2v) is 5.44. The predicted molar refractivity (Wildman–Crippen MR) is 69.4 cm³/mol. The standard InChI is InChI=1S/C13H18N2S/c1-15(11-4-2-5-11)10-13-8-7-12(16-13)6-3-9-14/h7-8,11H,2,4-5,9-10,14H2,1H3. The lowest BCUT2D eigenvalue weighted by molar-refractivity contribution is 0.154. The SMILES string of the molecule is CN(Cc1ccc(C#CCN)s1)C1CCC1. The second-order valence-electron chi connectivity index (χ2n) is 4.27. The molecule has 1 aromatic rings. The van der Waals surface area contributed by atoms with Gasteiger partial charge in [0.15, 0.2) is 0 Å². The monoisotopic (exact) mass is 234 g/mol. The van der Waals surface area contributed by atoms with E-state index in [4.69, 9.17) is 5.73 Å². The molecule has 0 bridgehead atoms. The fourth-order valence-corrected chi connectivity index (χ4v) is 2.82. The summed E-state index contributed by atoms with van der Waals surface area (Å²) in [4.78, 5) is 4.98. The molecule has 0 atom stereocenters. The Morgan fingerprint density at radius 1 is 1.50 bits per heavy atom. The van der Waals surface area contributed by atoms with Crippen LogP contribution in [0.1, 0.15) is 29.0 Å². The maximum atomic E-state index is 5.35. The van der Waals surface area contributed by atoms with Gasteiger partial charge in [0.1, 0.15) is 0 Å². The van der Waals surface area contributed by atoms with E-state index in [0.717, 1.165) is 17.5 Å². The molecular weight excluding hydrogens is 216 g/mol. The van der Waals surface area contributed by atoms with Crippen molar-refractivity contribution in [3.8, 4) is 11.8 Å². The van der Waals surface area contributed by atoms with E-state index in [9.17, 15) is 0 Å². The van der Waals surface area contributed by atoms with Gasteiger partial charge in [-0.25, -0.2) is 0 Å². The van der Waals surface area contributed by atoms with Crippen LogP contribution in [0.3, 0.4) is 0 Å². The minimum absolute atomic E-state index is 0.440. The third-order valence-corrected chi connectivity index (χ3v) is 4.06. The molecule has 1 aliphatic carbocycles. The van der Waals surface area contributed by atoms with Crippen molar-refractivity contribution in [3.05, 3.63) is 21.9 Å². The molecular formula is C13H18N2S. The Bertz CT molecular complexity index is 396. The molecule has 0 aliphatic heterocycles.